The number of aryl methyl sites for hydroxylation is 1. The molecule has 0 radical (unpaired) electrons. The van der Waals surface area contributed by atoms with Crippen LogP contribution in [-0.4, -0.2) is 76.9 Å². The van der Waals surface area contributed by atoms with Gasteiger partial charge in [-0.25, -0.2) is 0 Å². The second-order valence-corrected chi connectivity index (χ2v) is 8.06. The highest BCUT2D eigenvalue weighted by atomic mass is 35.5. The van der Waals surface area contributed by atoms with Gasteiger partial charge in [0.15, 0.2) is 0 Å². The van der Waals surface area contributed by atoms with Crippen LogP contribution in [0.3, 0.4) is 0 Å². The van der Waals surface area contributed by atoms with Crippen molar-refractivity contribution in [1.29, 1.82) is 0 Å². The van der Waals surface area contributed by atoms with Gasteiger partial charge in [-0.15, -0.1) is 0 Å². The molecule has 28 heavy (non-hydrogen) atoms. The first kappa shape index (κ1) is 21.0. The number of carbonyl (C=O) groups excluding carboxylic acids is 2. The van der Waals surface area contributed by atoms with E-state index in [4.69, 9.17) is 23.2 Å². The molecule has 2 saturated heterocycles. The van der Waals surface area contributed by atoms with Gasteiger partial charge in [-0.2, -0.15) is 0 Å². The normalized spacial score (nSPS) is 20.4. The summed E-state index contributed by atoms with van der Waals surface area (Å²) in [6, 6.07) is 3.36. The zero-order valence-electron chi connectivity index (χ0n) is 15.7. The Morgan fingerprint density at radius 1 is 1.11 bits per heavy atom. The number of phenolic OH excluding ortho intramolecular Hbond substituents is 1. The van der Waals surface area contributed by atoms with E-state index in [0.29, 0.717) is 54.1 Å². The summed E-state index contributed by atoms with van der Waals surface area (Å²) in [5.74, 6) is 0.121. The van der Waals surface area contributed by atoms with Crippen molar-refractivity contribution in [2.24, 2.45) is 0 Å². The molecule has 1 unspecified atom stereocenters. The van der Waals surface area contributed by atoms with Gasteiger partial charge in [-0.05, 0) is 30.5 Å². The maximum absolute atomic E-state index is 12.6. The van der Waals surface area contributed by atoms with Crippen LogP contribution in [-0.2, 0) is 16.0 Å². The third-order valence-electron chi connectivity index (χ3n) is 5.56. The van der Waals surface area contributed by atoms with Crippen molar-refractivity contribution in [3.63, 3.8) is 0 Å². The average molecular weight is 426 g/mol. The van der Waals surface area contributed by atoms with Crippen LogP contribution in [0.2, 0.25) is 10.0 Å². The Hall–Kier alpha value is -1.76. The van der Waals surface area contributed by atoms with Gasteiger partial charge in [0.25, 0.3) is 0 Å². The summed E-state index contributed by atoms with van der Waals surface area (Å²) in [7, 11) is 0. The number of halogens is 2. The lowest BCUT2D eigenvalue weighted by atomic mass is 10.1. The Morgan fingerprint density at radius 3 is 2.46 bits per heavy atom. The second kappa shape index (κ2) is 9.16. The minimum absolute atomic E-state index is 0.0200. The molecule has 0 bridgehead atoms. The first-order valence-corrected chi connectivity index (χ1v) is 10.2. The second-order valence-electron chi connectivity index (χ2n) is 7.24. The number of aromatic hydroxyl groups is 1. The van der Waals surface area contributed by atoms with E-state index >= 15 is 0 Å². The predicted molar refractivity (Wildman–Crippen MR) is 110 cm³/mol. The molecule has 2 aliphatic heterocycles. The summed E-state index contributed by atoms with van der Waals surface area (Å²) >= 11 is 11.9. The van der Waals surface area contributed by atoms with Crippen LogP contribution in [0.4, 0.5) is 0 Å². The van der Waals surface area contributed by atoms with Crippen LogP contribution in [0, 0.1) is 0 Å². The molecule has 1 N–H and O–H groups in total. The smallest absolute Gasteiger partial charge is 0.246 e. The molecule has 6 nitrogen and oxygen atoms in total. The lowest BCUT2D eigenvalue weighted by Crippen LogP contribution is -2.52. The minimum Gasteiger partial charge on any atom is -0.508 e. The lowest BCUT2D eigenvalue weighted by Gasteiger charge is -2.37. The van der Waals surface area contributed by atoms with Gasteiger partial charge in [0.2, 0.25) is 11.8 Å². The molecular formula is C20H25Cl2N3O3. The molecule has 0 saturated carbocycles. The number of carbonyl (C=O) groups is 2. The number of phenols is 1. The minimum atomic E-state index is -0.0200. The molecule has 2 amide bonds. The number of piperazine rings is 1. The summed E-state index contributed by atoms with van der Waals surface area (Å²) in [4.78, 5) is 30.4. The Balaban J connectivity index is 1.48. The lowest BCUT2D eigenvalue weighted by molar-refractivity contribution is -0.130. The van der Waals surface area contributed by atoms with Crippen LogP contribution < -0.4 is 0 Å². The van der Waals surface area contributed by atoms with Crippen molar-refractivity contribution in [1.82, 2.24) is 14.7 Å². The summed E-state index contributed by atoms with van der Waals surface area (Å²) in [6.45, 7) is 8.03. The Kier molecular flexibility index (Phi) is 6.86. The number of nitrogens with zero attached hydrogens (tertiary/aromatic N) is 3. The van der Waals surface area contributed by atoms with Gasteiger partial charge in [0.05, 0.1) is 10.0 Å². The van der Waals surface area contributed by atoms with Crippen molar-refractivity contribution in [3.8, 4) is 5.75 Å². The highest BCUT2D eigenvalue weighted by molar-refractivity contribution is 6.42. The van der Waals surface area contributed by atoms with Crippen molar-refractivity contribution < 1.29 is 14.7 Å². The maximum Gasteiger partial charge on any atom is 0.246 e. The molecular weight excluding hydrogens is 401 g/mol. The SMILES string of the molecule is C=CC(=O)N1CCN(C2CCN(C(=O)CCc3cc(Cl)c(Cl)cc3O)C2)CC1. The molecule has 0 aromatic heterocycles. The average Bonchev–Trinajstić information content (AvgIpc) is 3.19. The Labute approximate surface area is 175 Å². The van der Waals surface area contributed by atoms with E-state index in [1.54, 1.807) is 6.07 Å². The third-order valence-corrected chi connectivity index (χ3v) is 6.28. The van der Waals surface area contributed by atoms with Gasteiger partial charge in [-0.1, -0.05) is 29.8 Å². The van der Waals surface area contributed by atoms with Crippen LogP contribution >= 0.6 is 23.2 Å². The third kappa shape index (κ3) is 4.80. The fourth-order valence-corrected chi connectivity index (χ4v) is 4.22. The van der Waals surface area contributed by atoms with Gasteiger partial charge in [0.1, 0.15) is 5.75 Å². The molecule has 152 valence electrons. The molecule has 0 spiro atoms. The molecule has 2 aliphatic rings. The van der Waals surface area contributed by atoms with Crippen LogP contribution in [0.25, 0.3) is 0 Å². The molecule has 3 rings (SSSR count). The molecule has 0 aliphatic carbocycles. The van der Waals surface area contributed by atoms with E-state index in [0.717, 1.165) is 26.1 Å². The molecule has 1 atom stereocenters. The van der Waals surface area contributed by atoms with Crippen molar-refractivity contribution >= 4 is 35.0 Å². The highest BCUT2D eigenvalue weighted by Crippen LogP contribution is 2.30. The molecule has 2 fully saturated rings. The largest absolute Gasteiger partial charge is 0.508 e. The van der Waals surface area contributed by atoms with E-state index in [9.17, 15) is 14.7 Å². The van der Waals surface area contributed by atoms with Gasteiger partial charge in [-0.3, -0.25) is 14.5 Å². The van der Waals surface area contributed by atoms with Crippen LogP contribution in [0.5, 0.6) is 5.75 Å². The van der Waals surface area contributed by atoms with Gasteiger partial charge in [0, 0.05) is 57.8 Å². The number of likely N-dealkylation sites (tertiary alicyclic amines) is 1. The van der Waals surface area contributed by atoms with Crippen LogP contribution in [0.15, 0.2) is 24.8 Å². The van der Waals surface area contributed by atoms with E-state index < -0.39 is 0 Å². The first-order valence-electron chi connectivity index (χ1n) is 9.49. The standard InChI is InChI=1S/C20H25Cl2N3O3/c1-2-19(27)24-9-7-23(8-10-24)15-5-6-25(13-15)20(28)4-3-14-11-16(21)17(22)12-18(14)26/h2,11-12,15,26H,1,3-10,13H2. The Morgan fingerprint density at radius 2 is 1.79 bits per heavy atom. The highest BCUT2D eigenvalue weighted by Gasteiger charge is 2.32. The molecule has 1 aromatic carbocycles. The Bertz CT molecular complexity index is 763. The van der Waals surface area contributed by atoms with E-state index in [-0.39, 0.29) is 17.6 Å². The zero-order valence-corrected chi connectivity index (χ0v) is 17.3. The van der Waals surface area contributed by atoms with E-state index in [2.05, 4.69) is 11.5 Å². The fraction of sp³-hybridized carbons (Fsp3) is 0.500. The van der Waals surface area contributed by atoms with Crippen LogP contribution in [0.1, 0.15) is 18.4 Å². The first-order chi connectivity index (χ1) is 13.4. The number of amides is 2. The van der Waals surface area contributed by atoms with Crippen molar-refractivity contribution in [2.45, 2.75) is 25.3 Å². The summed E-state index contributed by atoms with van der Waals surface area (Å²) in [5.41, 5.74) is 0.626. The molecule has 8 heteroatoms. The topological polar surface area (TPSA) is 64.1 Å². The van der Waals surface area contributed by atoms with E-state index in [1.807, 2.05) is 9.80 Å². The number of hydrogen-bond acceptors (Lipinski definition) is 4. The fourth-order valence-electron chi connectivity index (χ4n) is 3.88. The van der Waals surface area contributed by atoms with Crippen molar-refractivity contribution in [2.75, 3.05) is 39.3 Å². The molecule has 2 heterocycles. The van der Waals surface area contributed by atoms with Crippen molar-refractivity contribution in [3.05, 3.63) is 40.4 Å². The van der Waals surface area contributed by atoms with Gasteiger partial charge < -0.3 is 14.9 Å². The summed E-state index contributed by atoms with van der Waals surface area (Å²) in [5, 5.41) is 10.6. The van der Waals surface area contributed by atoms with Gasteiger partial charge >= 0.3 is 0 Å². The maximum atomic E-state index is 12.6. The number of rotatable bonds is 5. The monoisotopic (exact) mass is 425 g/mol. The quantitative estimate of drug-likeness (QED) is 0.736. The van der Waals surface area contributed by atoms with E-state index in [1.165, 1.54) is 12.1 Å². The summed E-state index contributed by atoms with van der Waals surface area (Å²) < 4.78 is 0. The summed E-state index contributed by atoms with van der Waals surface area (Å²) in [6.07, 6.45) is 3.04. The zero-order chi connectivity index (χ0) is 20.3. The predicted octanol–water partition coefficient (Wildman–Crippen LogP) is 2.56. The molecule has 1 aromatic rings. The number of hydrogen-bond donors (Lipinski definition) is 1. The number of benzene rings is 1.